The Labute approximate surface area is 218 Å². The van der Waals surface area contributed by atoms with Crippen LogP contribution in [0.3, 0.4) is 0 Å². The lowest BCUT2D eigenvalue weighted by Crippen LogP contribution is -2.16. The summed E-state index contributed by atoms with van der Waals surface area (Å²) in [4.78, 5) is 25.4. The van der Waals surface area contributed by atoms with Gasteiger partial charge in [0.05, 0.1) is 0 Å². The standard InChI is InChI=1S/C28H30Br2N2O2/c1-27(2,3)21-13-7-17(15-23(21)29)25(33)31-19-9-11-20(12-10-19)32-26(34)18-8-14-22(24(30)16-18)28(4,5)6/h7-16H,1-6H3,(H,31,33)(H,32,34). The van der Waals surface area contributed by atoms with Crippen LogP contribution in [0.2, 0.25) is 0 Å². The Morgan fingerprint density at radius 3 is 1.18 bits per heavy atom. The van der Waals surface area contributed by atoms with Gasteiger partial charge in [-0.05, 0) is 70.5 Å². The lowest BCUT2D eigenvalue weighted by atomic mass is 9.86. The van der Waals surface area contributed by atoms with Crippen molar-refractivity contribution in [1.82, 2.24) is 0 Å². The molecule has 2 N–H and O–H groups in total. The molecule has 0 bridgehead atoms. The molecule has 34 heavy (non-hydrogen) atoms. The van der Waals surface area contributed by atoms with Crippen LogP contribution in [0.1, 0.15) is 73.4 Å². The van der Waals surface area contributed by atoms with Gasteiger partial charge in [0.2, 0.25) is 0 Å². The SMILES string of the molecule is CC(C)(C)c1ccc(C(=O)Nc2ccc(NC(=O)c3ccc(C(C)(C)C)c(Br)c3)cc2)cc1Br. The summed E-state index contributed by atoms with van der Waals surface area (Å²) in [6.45, 7) is 12.8. The van der Waals surface area contributed by atoms with E-state index < -0.39 is 0 Å². The molecule has 3 aromatic rings. The van der Waals surface area contributed by atoms with E-state index in [2.05, 4.69) is 84.0 Å². The fraction of sp³-hybridized carbons (Fsp3) is 0.286. The molecule has 0 saturated carbocycles. The van der Waals surface area contributed by atoms with E-state index in [-0.39, 0.29) is 22.6 Å². The first-order valence-corrected chi connectivity index (χ1v) is 12.7. The highest BCUT2D eigenvalue weighted by Gasteiger charge is 2.19. The number of hydrogen-bond acceptors (Lipinski definition) is 2. The van der Waals surface area contributed by atoms with E-state index in [1.165, 1.54) is 0 Å². The van der Waals surface area contributed by atoms with Crippen molar-refractivity contribution >= 4 is 55.0 Å². The smallest absolute Gasteiger partial charge is 0.255 e. The first-order chi connectivity index (χ1) is 15.8. The Kier molecular flexibility index (Phi) is 7.73. The monoisotopic (exact) mass is 584 g/mol. The number of hydrogen-bond donors (Lipinski definition) is 2. The van der Waals surface area contributed by atoms with Gasteiger partial charge in [0, 0.05) is 31.4 Å². The molecule has 0 aliphatic heterocycles. The van der Waals surface area contributed by atoms with E-state index in [0.717, 1.165) is 20.1 Å². The van der Waals surface area contributed by atoms with E-state index in [1.807, 2.05) is 36.4 Å². The van der Waals surface area contributed by atoms with E-state index in [4.69, 9.17) is 0 Å². The third-order valence-corrected chi connectivity index (χ3v) is 6.79. The molecule has 0 aromatic heterocycles. The van der Waals surface area contributed by atoms with Crippen molar-refractivity contribution in [2.24, 2.45) is 0 Å². The average molecular weight is 586 g/mol. The third kappa shape index (κ3) is 6.36. The summed E-state index contributed by atoms with van der Waals surface area (Å²) in [5.74, 6) is -0.386. The van der Waals surface area contributed by atoms with Crippen LogP contribution in [0.25, 0.3) is 0 Å². The zero-order valence-electron chi connectivity index (χ0n) is 20.3. The highest BCUT2D eigenvalue weighted by atomic mass is 79.9. The van der Waals surface area contributed by atoms with Crippen LogP contribution in [-0.2, 0) is 10.8 Å². The summed E-state index contributed by atoms with van der Waals surface area (Å²) in [7, 11) is 0. The second-order valence-corrected chi connectivity index (χ2v) is 12.1. The molecule has 0 atom stereocenters. The van der Waals surface area contributed by atoms with Crippen LogP contribution >= 0.6 is 31.9 Å². The summed E-state index contributed by atoms with van der Waals surface area (Å²) in [5.41, 5.74) is 4.70. The van der Waals surface area contributed by atoms with Crippen molar-refractivity contribution in [2.75, 3.05) is 10.6 Å². The van der Waals surface area contributed by atoms with Crippen LogP contribution in [0.5, 0.6) is 0 Å². The maximum Gasteiger partial charge on any atom is 0.255 e. The van der Waals surface area contributed by atoms with Crippen LogP contribution in [0.15, 0.2) is 69.6 Å². The Morgan fingerprint density at radius 2 is 0.912 bits per heavy atom. The molecule has 0 saturated heterocycles. The summed E-state index contributed by atoms with van der Waals surface area (Å²) in [6, 6.07) is 18.4. The summed E-state index contributed by atoms with van der Waals surface area (Å²) in [6.07, 6.45) is 0. The van der Waals surface area contributed by atoms with Gasteiger partial charge in [0.15, 0.2) is 0 Å². The third-order valence-electron chi connectivity index (χ3n) is 5.48. The van der Waals surface area contributed by atoms with E-state index in [0.29, 0.717) is 22.5 Å². The molecule has 0 spiro atoms. The second kappa shape index (κ2) is 10.0. The zero-order valence-corrected chi connectivity index (χ0v) is 23.5. The van der Waals surface area contributed by atoms with Crippen LogP contribution < -0.4 is 10.6 Å². The number of nitrogens with one attached hydrogen (secondary N) is 2. The Balaban J connectivity index is 1.66. The molecule has 3 rings (SSSR count). The first-order valence-electron chi connectivity index (χ1n) is 11.1. The summed E-state index contributed by atoms with van der Waals surface area (Å²) >= 11 is 7.17. The predicted octanol–water partition coefficient (Wildman–Crippen LogP) is 8.31. The van der Waals surface area contributed by atoms with Crippen molar-refractivity contribution < 1.29 is 9.59 Å². The Bertz CT molecular complexity index is 1120. The fourth-order valence-electron chi connectivity index (χ4n) is 3.57. The Hall–Kier alpha value is -2.44. The molecule has 0 fully saturated rings. The van der Waals surface area contributed by atoms with E-state index in [1.54, 1.807) is 24.3 Å². The molecular weight excluding hydrogens is 556 g/mol. The van der Waals surface area contributed by atoms with Crippen LogP contribution in [-0.4, -0.2) is 11.8 Å². The number of rotatable bonds is 4. The quantitative estimate of drug-likeness (QED) is 0.323. The number of carbonyl (C=O) groups excluding carboxylic acids is 2. The average Bonchev–Trinajstić information content (AvgIpc) is 2.73. The molecule has 4 nitrogen and oxygen atoms in total. The van der Waals surface area contributed by atoms with Crippen LogP contribution in [0, 0.1) is 0 Å². The van der Waals surface area contributed by atoms with Crippen LogP contribution in [0.4, 0.5) is 11.4 Å². The maximum atomic E-state index is 12.7. The molecule has 3 aromatic carbocycles. The molecule has 0 radical (unpaired) electrons. The van der Waals surface area contributed by atoms with Gasteiger partial charge < -0.3 is 10.6 Å². The van der Waals surface area contributed by atoms with Crippen molar-refractivity contribution in [3.05, 3.63) is 91.9 Å². The van der Waals surface area contributed by atoms with Crippen molar-refractivity contribution in [3.63, 3.8) is 0 Å². The molecule has 0 aliphatic rings. The van der Waals surface area contributed by atoms with Crippen molar-refractivity contribution in [1.29, 1.82) is 0 Å². The summed E-state index contributed by atoms with van der Waals surface area (Å²) < 4.78 is 1.82. The maximum absolute atomic E-state index is 12.7. The van der Waals surface area contributed by atoms with Gasteiger partial charge >= 0.3 is 0 Å². The topological polar surface area (TPSA) is 58.2 Å². The minimum atomic E-state index is -0.193. The van der Waals surface area contributed by atoms with Crippen molar-refractivity contribution in [2.45, 2.75) is 52.4 Å². The van der Waals surface area contributed by atoms with E-state index >= 15 is 0 Å². The zero-order chi connectivity index (χ0) is 25.3. The molecular formula is C28H30Br2N2O2. The van der Waals surface area contributed by atoms with E-state index in [9.17, 15) is 9.59 Å². The highest BCUT2D eigenvalue weighted by Crippen LogP contribution is 2.31. The Morgan fingerprint density at radius 1 is 0.588 bits per heavy atom. The normalized spacial score (nSPS) is 11.8. The fourth-order valence-corrected chi connectivity index (χ4v) is 5.52. The van der Waals surface area contributed by atoms with Gasteiger partial charge in [-0.25, -0.2) is 0 Å². The number of amides is 2. The lowest BCUT2D eigenvalue weighted by molar-refractivity contribution is 0.101. The number of carbonyl (C=O) groups is 2. The molecule has 2 amide bonds. The van der Waals surface area contributed by atoms with Crippen molar-refractivity contribution in [3.8, 4) is 0 Å². The van der Waals surface area contributed by atoms with Gasteiger partial charge in [-0.3, -0.25) is 9.59 Å². The molecule has 6 heteroatoms. The minimum absolute atomic E-state index is 0.0151. The molecule has 0 unspecified atom stereocenters. The van der Waals surface area contributed by atoms with Gasteiger partial charge in [-0.2, -0.15) is 0 Å². The molecule has 0 heterocycles. The minimum Gasteiger partial charge on any atom is -0.322 e. The second-order valence-electron chi connectivity index (χ2n) is 10.4. The predicted molar refractivity (Wildman–Crippen MR) is 148 cm³/mol. The largest absolute Gasteiger partial charge is 0.322 e. The first kappa shape index (κ1) is 26.2. The highest BCUT2D eigenvalue weighted by molar-refractivity contribution is 9.10. The van der Waals surface area contributed by atoms with Gasteiger partial charge in [0.25, 0.3) is 11.8 Å². The van der Waals surface area contributed by atoms with Gasteiger partial charge in [0.1, 0.15) is 0 Å². The molecule has 178 valence electrons. The number of halogens is 2. The molecule has 0 aliphatic carbocycles. The number of anilines is 2. The number of benzene rings is 3. The van der Waals surface area contributed by atoms with Gasteiger partial charge in [-0.1, -0.05) is 85.5 Å². The summed E-state index contributed by atoms with van der Waals surface area (Å²) in [5, 5.41) is 5.81. The lowest BCUT2D eigenvalue weighted by Gasteiger charge is -2.21. The van der Waals surface area contributed by atoms with Gasteiger partial charge in [-0.15, -0.1) is 0 Å².